The smallest absolute Gasteiger partial charge is 0.394 e. The zero-order chi connectivity index (χ0) is 27.0. The number of fused-ring (bicyclic) bond motifs is 1. The normalized spacial score (nSPS) is 19.7. The summed E-state index contributed by atoms with van der Waals surface area (Å²) >= 11 is 0. The molecule has 0 radical (unpaired) electrons. The number of carbonyl (C=O) groups is 1. The maximum atomic E-state index is 13.0. The van der Waals surface area contributed by atoms with Crippen LogP contribution in [0.5, 0.6) is 0 Å². The molecular weight excluding hydrogens is 511 g/mol. The summed E-state index contributed by atoms with van der Waals surface area (Å²) in [4.78, 5) is 16.5. The van der Waals surface area contributed by atoms with Crippen molar-refractivity contribution in [1.82, 2.24) is 9.55 Å². The second-order valence-corrected chi connectivity index (χ2v) is 11.4. The lowest BCUT2D eigenvalue weighted by Gasteiger charge is -2.30. The van der Waals surface area contributed by atoms with Gasteiger partial charge in [-0.05, 0) is 54.7 Å². The van der Waals surface area contributed by atoms with Crippen molar-refractivity contribution in [2.24, 2.45) is 11.7 Å². The summed E-state index contributed by atoms with van der Waals surface area (Å²) in [5, 5.41) is 10.4. The number of hydrogen-bond acceptors (Lipinski definition) is 6. The van der Waals surface area contributed by atoms with Gasteiger partial charge in [0.1, 0.15) is 5.82 Å². The van der Waals surface area contributed by atoms with Crippen LogP contribution in [0.3, 0.4) is 0 Å². The molecule has 3 atom stereocenters. The molecule has 1 aromatic heterocycles. The van der Waals surface area contributed by atoms with E-state index >= 15 is 0 Å². The molecule has 0 saturated carbocycles. The molecule has 0 bridgehead atoms. The first-order valence-corrected chi connectivity index (χ1v) is 13.5. The van der Waals surface area contributed by atoms with Crippen LogP contribution in [0.4, 0.5) is 13.2 Å². The Labute approximate surface area is 212 Å². The SMILES string of the molecule is CCS(=O)(=O)c1ccc([C@H](CO)n2c(C[C@@H]3CC[C@@H](C(F)(F)F)OC3)nc3cc(C(N)=O)ccc32)cc1. The Hall–Kier alpha value is -2.96. The van der Waals surface area contributed by atoms with Crippen LogP contribution in [0.2, 0.25) is 0 Å². The van der Waals surface area contributed by atoms with Crippen molar-refractivity contribution in [2.75, 3.05) is 19.0 Å². The van der Waals surface area contributed by atoms with E-state index in [2.05, 4.69) is 4.98 Å². The van der Waals surface area contributed by atoms with Crippen LogP contribution in [0.1, 0.15) is 47.6 Å². The quantitative estimate of drug-likeness (QED) is 0.452. The van der Waals surface area contributed by atoms with Crippen molar-refractivity contribution in [3.8, 4) is 0 Å². The van der Waals surface area contributed by atoms with Gasteiger partial charge < -0.3 is 20.1 Å². The van der Waals surface area contributed by atoms with Crippen molar-refractivity contribution in [2.45, 2.75) is 49.4 Å². The molecule has 0 unspecified atom stereocenters. The van der Waals surface area contributed by atoms with E-state index in [1.807, 2.05) is 0 Å². The van der Waals surface area contributed by atoms with Crippen molar-refractivity contribution >= 4 is 26.8 Å². The van der Waals surface area contributed by atoms with Crippen molar-refractivity contribution in [3.63, 3.8) is 0 Å². The summed E-state index contributed by atoms with van der Waals surface area (Å²) in [6.45, 7) is 1.11. The summed E-state index contributed by atoms with van der Waals surface area (Å²) in [6, 6.07) is 10.3. The van der Waals surface area contributed by atoms with Gasteiger partial charge >= 0.3 is 6.18 Å². The fourth-order valence-corrected chi connectivity index (χ4v) is 5.56. The van der Waals surface area contributed by atoms with E-state index in [-0.39, 0.29) is 54.6 Å². The number of nitrogens with zero attached hydrogens (tertiary/aromatic N) is 2. The highest BCUT2D eigenvalue weighted by molar-refractivity contribution is 7.91. The van der Waals surface area contributed by atoms with Crippen LogP contribution in [0.15, 0.2) is 47.4 Å². The fraction of sp³-hybridized carbons (Fsp3) is 0.440. The number of benzene rings is 2. The monoisotopic (exact) mass is 539 g/mol. The average molecular weight is 540 g/mol. The molecule has 37 heavy (non-hydrogen) atoms. The van der Waals surface area contributed by atoms with Crippen LogP contribution in [0.25, 0.3) is 11.0 Å². The summed E-state index contributed by atoms with van der Waals surface area (Å²) in [5.41, 5.74) is 7.31. The molecule has 4 rings (SSSR count). The number of ether oxygens (including phenoxy) is 1. The zero-order valence-electron chi connectivity index (χ0n) is 20.1. The topological polar surface area (TPSA) is 125 Å². The second-order valence-electron chi connectivity index (χ2n) is 9.15. The first-order valence-electron chi connectivity index (χ1n) is 11.9. The first-order chi connectivity index (χ1) is 17.4. The maximum Gasteiger partial charge on any atom is 0.414 e. The van der Waals surface area contributed by atoms with Crippen LogP contribution >= 0.6 is 0 Å². The van der Waals surface area contributed by atoms with Crippen LogP contribution in [-0.2, 0) is 21.0 Å². The van der Waals surface area contributed by atoms with E-state index < -0.39 is 34.1 Å². The van der Waals surface area contributed by atoms with Crippen molar-refractivity contribution in [1.29, 1.82) is 0 Å². The maximum absolute atomic E-state index is 13.0. The minimum Gasteiger partial charge on any atom is -0.394 e. The molecule has 3 N–H and O–H groups in total. The Kier molecular flexibility index (Phi) is 7.63. The number of nitrogens with two attached hydrogens (primary N) is 1. The number of amides is 1. The summed E-state index contributed by atoms with van der Waals surface area (Å²) < 4.78 is 70.4. The van der Waals surface area contributed by atoms with Crippen LogP contribution in [0, 0.1) is 5.92 Å². The molecule has 0 aliphatic carbocycles. The molecule has 1 fully saturated rings. The van der Waals surface area contributed by atoms with Crippen LogP contribution in [-0.4, -0.2) is 60.2 Å². The Morgan fingerprint density at radius 2 is 1.92 bits per heavy atom. The molecule has 12 heteroatoms. The average Bonchev–Trinajstić information content (AvgIpc) is 3.21. The number of aliphatic hydroxyl groups excluding tert-OH is 1. The van der Waals surface area contributed by atoms with Gasteiger partial charge in [-0.25, -0.2) is 13.4 Å². The molecule has 1 saturated heterocycles. The van der Waals surface area contributed by atoms with E-state index in [4.69, 9.17) is 10.5 Å². The van der Waals surface area contributed by atoms with Gasteiger partial charge in [0, 0.05) is 12.0 Å². The molecule has 8 nitrogen and oxygen atoms in total. The van der Waals surface area contributed by atoms with E-state index in [0.29, 0.717) is 22.4 Å². The van der Waals surface area contributed by atoms with Gasteiger partial charge in [-0.1, -0.05) is 19.1 Å². The minimum absolute atomic E-state index is 0.0487. The second kappa shape index (κ2) is 10.4. The molecule has 0 spiro atoms. The molecule has 1 amide bonds. The molecular formula is C25H28F3N3O5S. The predicted molar refractivity (Wildman–Crippen MR) is 130 cm³/mol. The van der Waals surface area contributed by atoms with E-state index in [9.17, 15) is 31.5 Å². The number of hydrogen-bond donors (Lipinski definition) is 2. The van der Waals surface area contributed by atoms with Crippen molar-refractivity contribution < 1.29 is 36.2 Å². The highest BCUT2D eigenvalue weighted by Gasteiger charge is 2.43. The van der Waals surface area contributed by atoms with Gasteiger partial charge in [0.05, 0.1) is 40.9 Å². The standard InChI is InChI=1S/C25H28F3N3O5S/c1-2-37(34,35)18-7-4-16(5-8-18)21(13-32)31-20-9-6-17(24(29)33)12-19(20)30-23(31)11-15-3-10-22(36-14-15)25(26,27)28/h4-9,12,15,21-22,32H,2-3,10-11,13-14H2,1H3,(H2,29,33)/t15-,21-,22-/m0/s1. The lowest BCUT2D eigenvalue weighted by molar-refractivity contribution is -0.235. The van der Waals surface area contributed by atoms with E-state index in [1.165, 1.54) is 24.3 Å². The Bertz CT molecular complexity index is 1380. The molecule has 200 valence electrons. The Balaban J connectivity index is 1.72. The molecule has 1 aliphatic rings. The Morgan fingerprint density at radius 3 is 2.46 bits per heavy atom. The summed E-state index contributed by atoms with van der Waals surface area (Å²) in [5.74, 6) is -0.420. The summed E-state index contributed by atoms with van der Waals surface area (Å²) in [6.07, 6.45) is -5.79. The number of sulfone groups is 1. The predicted octanol–water partition coefficient (Wildman–Crippen LogP) is 3.41. The third kappa shape index (κ3) is 5.65. The Morgan fingerprint density at radius 1 is 1.22 bits per heavy atom. The van der Waals surface area contributed by atoms with Gasteiger partial charge in [-0.2, -0.15) is 13.2 Å². The molecule has 2 aromatic carbocycles. The third-order valence-electron chi connectivity index (χ3n) is 6.74. The molecule has 3 aromatic rings. The number of aromatic nitrogens is 2. The number of halogens is 3. The number of carbonyl (C=O) groups excluding carboxylic acids is 1. The van der Waals surface area contributed by atoms with Gasteiger partial charge in [-0.15, -0.1) is 0 Å². The minimum atomic E-state index is -4.41. The third-order valence-corrected chi connectivity index (χ3v) is 8.49. The van der Waals surface area contributed by atoms with E-state index in [1.54, 1.807) is 29.7 Å². The number of rotatable bonds is 8. The van der Waals surface area contributed by atoms with E-state index in [0.717, 1.165) is 0 Å². The lowest BCUT2D eigenvalue weighted by atomic mass is 9.94. The number of aliphatic hydroxyl groups is 1. The summed E-state index contributed by atoms with van der Waals surface area (Å²) in [7, 11) is -3.41. The highest BCUT2D eigenvalue weighted by Crippen LogP contribution is 2.34. The molecule has 2 heterocycles. The zero-order valence-corrected chi connectivity index (χ0v) is 20.9. The van der Waals surface area contributed by atoms with Gasteiger partial charge in [0.15, 0.2) is 15.9 Å². The van der Waals surface area contributed by atoms with Gasteiger partial charge in [-0.3, -0.25) is 4.79 Å². The highest BCUT2D eigenvalue weighted by atomic mass is 32.2. The number of alkyl halides is 3. The molecule has 1 aliphatic heterocycles. The lowest BCUT2D eigenvalue weighted by Crippen LogP contribution is -2.38. The number of primary amides is 1. The number of imidazole rings is 1. The fourth-order valence-electron chi connectivity index (χ4n) is 4.68. The van der Waals surface area contributed by atoms with Crippen LogP contribution < -0.4 is 5.73 Å². The van der Waals surface area contributed by atoms with Crippen molar-refractivity contribution in [3.05, 3.63) is 59.4 Å². The van der Waals surface area contributed by atoms with Gasteiger partial charge in [0.2, 0.25) is 5.91 Å². The first kappa shape index (κ1) is 27.1. The largest absolute Gasteiger partial charge is 0.414 e. The van der Waals surface area contributed by atoms with Gasteiger partial charge in [0.25, 0.3) is 0 Å².